The van der Waals surface area contributed by atoms with Crippen LogP contribution in [-0.4, -0.2) is 22.8 Å². The van der Waals surface area contributed by atoms with Gasteiger partial charge in [-0.15, -0.1) is 0 Å². The topological polar surface area (TPSA) is 76.0 Å². The molecule has 0 fully saturated rings. The molecule has 5 heteroatoms. The van der Waals surface area contributed by atoms with Crippen LogP contribution in [0.3, 0.4) is 0 Å². The number of carbonyl (C=O) groups is 1. The highest BCUT2D eigenvalue weighted by atomic mass is 17.2. The molecule has 0 aliphatic rings. The summed E-state index contributed by atoms with van der Waals surface area (Å²) in [6.45, 7) is 8.94. The zero-order valence-corrected chi connectivity index (χ0v) is 20.2. The Labute approximate surface area is 189 Å². The van der Waals surface area contributed by atoms with Gasteiger partial charge < -0.3 is 15.1 Å². The van der Waals surface area contributed by atoms with Crippen molar-refractivity contribution in [3.8, 4) is 11.5 Å². The fourth-order valence-electron chi connectivity index (χ4n) is 3.99. The van der Waals surface area contributed by atoms with Crippen molar-refractivity contribution in [1.82, 2.24) is 0 Å². The minimum atomic E-state index is -1.10. The lowest BCUT2D eigenvalue weighted by Gasteiger charge is -2.22. The van der Waals surface area contributed by atoms with E-state index in [4.69, 9.17) is 9.78 Å². The van der Waals surface area contributed by atoms with Gasteiger partial charge in [0.2, 0.25) is 5.75 Å². The predicted octanol–water partition coefficient (Wildman–Crippen LogP) is 7.40. The van der Waals surface area contributed by atoms with Crippen LogP contribution in [0.1, 0.15) is 125 Å². The number of hydrogen-bond acceptors (Lipinski definition) is 4. The van der Waals surface area contributed by atoms with Crippen LogP contribution in [0.25, 0.3) is 0 Å². The number of carboxylic acid groups (broad SMARTS) is 1. The standard InChI is InChI=1S/C26H44O5/c1-5-9-13-16-20-21(17-14-10-6-2)23(26(28)29)24(27)25(31-30-19-12-8-4)22(20)18-15-11-7-3/h27H,5-19H2,1-4H3,(H,28,29). The van der Waals surface area contributed by atoms with E-state index < -0.39 is 5.97 Å². The Morgan fingerprint density at radius 1 is 0.710 bits per heavy atom. The average Bonchev–Trinajstić information content (AvgIpc) is 2.74. The van der Waals surface area contributed by atoms with E-state index in [0.717, 1.165) is 100 Å². The second-order valence-electron chi connectivity index (χ2n) is 8.42. The zero-order chi connectivity index (χ0) is 23.1. The van der Waals surface area contributed by atoms with Crippen molar-refractivity contribution in [3.05, 3.63) is 22.3 Å². The van der Waals surface area contributed by atoms with Crippen LogP contribution in [0.2, 0.25) is 0 Å². The number of unbranched alkanes of at least 4 members (excludes halogenated alkanes) is 7. The molecule has 0 bridgehead atoms. The Morgan fingerprint density at radius 2 is 1.19 bits per heavy atom. The van der Waals surface area contributed by atoms with Gasteiger partial charge in [0, 0.05) is 5.56 Å². The lowest BCUT2D eigenvalue weighted by atomic mass is 9.86. The maximum absolute atomic E-state index is 12.2. The SMILES string of the molecule is CCCCCc1c(CCCCC)c(OOCCCC)c(O)c(C(=O)O)c1CCCCC. The summed E-state index contributed by atoms with van der Waals surface area (Å²) in [6, 6.07) is 0. The molecule has 0 spiro atoms. The highest BCUT2D eigenvalue weighted by molar-refractivity contribution is 5.94. The fourth-order valence-corrected chi connectivity index (χ4v) is 3.99. The van der Waals surface area contributed by atoms with Crippen molar-refractivity contribution in [3.63, 3.8) is 0 Å². The van der Waals surface area contributed by atoms with Crippen molar-refractivity contribution in [2.45, 2.75) is 118 Å². The maximum atomic E-state index is 12.2. The average molecular weight is 437 g/mol. The van der Waals surface area contributed by atoms with Crippen LogP contribution in [-0.2, 0) is 24.2 Å². The van der Waals surface area contributed by atoms with Crippen LogP contribution in [0.5, 0.6) is 11.5 Å². The Bertz CT molecular complexity index is 654. The first-order valence-corrected chi connectivity index (χ1v) is 12.4. The second kappa shape index (κ2) is 16.0. The molecule has 0 amide bonds. The van der Waals surface area contributed by atoms with Crippen LogP contribution in [0, 0.1) is 0 Å². The summed E-state index contributed by atoms with van der Waals surface area (Å²) in [5, 5.41) is 21.0. The monoisotopic (exact) mass is 436 g/mol. The number of aromatic hydroxyl groups is 1. The molecule has 0 aliphatic heterocycles. The molecule has 178 valence electrons. The number of hydrogen-bond donors (Lipinski definition) is 2. The molecule has 0 saturated carbocycles. The van der Waals surface area contributed by atoms with Crippen molar-refractivity contribution < 1.29 is 24.8 Å². The van der Waals surface area contributed by atoms with E-state index in [2.05, 4.69) is 27.7 Å². The van der Waals surface area contributed by atoms with Gasteiger partial charge in [-0.3, -0.25) is 0 Å². The summed E-state index contributed by atoms with van der Waals surface area (Å²) < 4.78 is 0. The molecule has 0 heterocycles. The third-order valence-corrected chi connectivity index (χ3v) is 5.78. The molecule has 0 radical (unpaired) electrons. The Balaban J connectivity index is 3.53. The van der Waals surface area contributed by atoms with Gasteiger partial charge in [-0.2, -0.15) is 4.89 Å². The summed E-state index contributed by atoms with van der Waals surface area (Å²) in [5.74, 6) is -1.16. The summed E-state index contributed by atoms with van der Waals surface area (Å²) in [4.78, 5) is 23.2. The highest BCUT2D eigenvalue weighted by Gasteiger charge is 2.28. The highest BCUT2D eigenvalue weighted by Crippen LogP contribution is 2.42. The predicted molar refractivity (Wildman–Crippen MR) is 126 cm³/mol. The van der Waals surface area contributed by atoms with Gasteiger partial charge >= 0.3 is 5.97 Å². The van der Waals surface area contributed by atoms with Gasteiger partial charge in [-0.05, 0) is 56.1 Å². The van der Waals surface area contributed by atoms with Gasteiger partial charge in [0.15, 0.2) is 5.75 Å². The van der Waals surface area contributed by atoms with E-state index in [0.29, 0.717) is 13.0 Å². The molecule has 1 rings (SSSR count). The molecule has 5 nitrogen and oxygen atoms in total. The zero-order valence-electron chi connectivity index (χ0n) is 20.2. The van der Waals surface area contributed by atoms with Gasteiger partial charge in [0.25, 0.3) is 0 Å². The summed E-state index contributed by atoms with van der Waals surface area (Å²) in [5.41, 5.74) is 2.79. The lowest BCUT2D eigenvalue weighted by Crippen LogP contribution is -2.14. The van der Waals surface area contributed by atoms with Crippen LogP contribution >= 0.6 is 0 Å². The smallest absolute Gasteiger partial charge is 0.339 e. The third kappa shape index (κ3) is 8.72. The van der Waals surface area contributed by atoms with E-state index in [1.807, 2.05) is 0 Å². The van der Waals surface area contributed by atoms with E-state index >= 15 is 0 Å². The van der Waals surface area contributed by atoms with Crippen molar-refractivity contribution in [2.75, 3.05) is 6.61 Å². The molecule has 31 heavy (non-hydrogen) atoms. The molecule has 1 aromatic rings. The lowest BCUT2D eigenvalue weighted by molar-refractivity contribution is -0.208. The van der Waals surface area contributed by atoms with Gasteiger partial charge in [-0.25, -0.2) is 4.79 Å². The molecule has 0 unspecified atom stereocenters. The number of rotatable bonds is 18. The summed E-state index contributed by atoms with van der Waals surface area (Å²) >= 11 is 0. The first kappa shape index (κ1) is 27.3. The molecule has 0 saturated heterocycles. The number of carboxylic acids is 1. The van der Waals surface area contributed by atoms with Crippen LogP contribution < -0.4 is 4.89 Å². The number of phenols is 1. The van der Waals surface area contributed by atoms with E-state index in [9.17, 15) is 15.0 Å². The minimum Gasteiger partial charge on any atom is -0.504 e. The van der Waals surface area contributed by atoms with Crippen LogP contribution in [0.15, 0.2) is 0 Å². The summed E-state index contributed by atoms with van der Waals surface area (Å²) in [7, 11) is 0. The van der Waals surface area contributed by atoms with Gasteiger partial charge in [0.05, 0.1) is 6.61 Å². The van der Waals surface area contributed by atoms with Crippen molar-refractivity contribution in [1.29, 1.82) is 0 Å². The quantitative estimate of drug-likeness (QED) is 0.142. The molecule has 2 N–H and O–H groups in total. The van der Waals surface area contributed by atoms with Crippen molar-refractivity contribution >= 4 is 5.97 Å². The first-order chi connectivity index (χ1) is 15.0. The van der Waals surface area contributed by atoms with Crippen LogP contribution in [0.4, 0.5) is 0 Å². The Morgan fingerprint density at radius 3 is 1.68 bits per heavy atom. The van der Waals surface area contributed by atoms with Gasteiger partial charge in [0.1, 0.15) is 5.56 Å². The molecule has 1 aromatic carbocycles. The summed E-state index contributed by atoms with van der Waals surface area (Å²) in [6.07, 6.45) is 13.4. The molecule has 0 atom stereocenters. The Kier molecular flexibility index (Phi) is 14.1. The normalized spacial score (nSPS) is 11.1. The van der Waals surface area contributed by atoms with Gasteiger partial charge in [-0.1, -0.05) is 72.6 Å². The van der Waals surface area contributed by atoms with E-state index in [1.165, 1.54) is 0 Å². The minimum absolute atomic E-state index is 0.00376. The molecular weight excluding hydrogens is 392 g/mol. The van der Waals surface area contributed by atoms with E-state index in [-0.39, 0.29) is 17.1 Å². The Hall–Kier alpha value is -1.75. The number of aromatic carboxylic acids is 1. The van der Waals surface area contributed by atoms with E-state index in [1.54, 1.807) is 0 Å². The largest absolute Gasteiger partial charge is 0.504 e. The molecule has 0 aliphatic carbocycles. The first-order valence-electron chi connectivity index (χ1n) is 12.4. The number of benzene rings is 1. The fraction of sp³-hybridized carbons (Fsp3) is 0.731. The molecular formula is C26H44O5. The third-order valence-electron chi connectivity index (χ3n) is 5.78. The van der Waals surface area contributed by atoms with Crippen molar-refractivity contribution in [2.24, 2.45) is 0 Å². The molecule has 0 aromatic heterocycles. The maximum Gasteiger partial charge on any atom is 0.339 e. The second-order valence-corrected chi connectivity index (χ2v) is 8.42.